The van der Waals surface area contributed by atoms with E-state index in [1.54, 1.807) is 48.5 Å². The Morgan fingerprint density at radius 3 is 1.74 bits per heavy atom. The van der Waals surface area contributed by atoms with Crippen LogP contribution in [0, 0.1) is 11.8 Å². The zero-order valence-corrected chi connectivity index (χ0v) is 18.2. The van der Waals surface area contributed by atoms with Gasteiger partial charge in [-0.1, -0.05) is 78.9 Å². The zero-order chi connectivity index (χ0) is 21.4. The Balaban J connectivity index is 1.82. The topological polar surface area (TPSA) is 68.3 Å². The molecule has 31 heavy (non-hydrogen) atoms. The third-order valence-electron chi connectivity index (χ3n) is 7.14. The van der Waals surface area contributed by atoms with Crippen molar-refractivity contribution in [2.45, 2.75) is 26.2 Å². The molecule has 0 radical (unpaired) electrons. The number of sulfone groups is 2. The second-order valence-electron chi connectivity index (χ2n) is 8.50. The minimum atomic E-state index is -4.26. The van der Waals surface area contributed by atoms with Gasteiger partial charge in [-0.3, -0.25) is 0 Å². The Morgan fingerprint density at radius 2 is 1.16 bits per heavy atom. The van der Waals surface area contributed by atoms with E-state index in [9.17, 15) is 16.8 Å². The first kappa shape index (κ1) is 19.0. The van der Waals surface area contributed by atoms with Gasteiger partial charge in [-0.2, -0.15) is 0 Å². The quantitative estimate of drug-likeness (QED) is 0.510. The number of benzene rings is 3. The van der Waals surface area contributed by atoms with E-state index in [0.717, 1.165) is 5.56 Å². The molecule has 0 saturated heterocycles. The highest BCUT2D eigenvalue weighted by molar-refractivity contribution is 8.10. The molecule has 1 saturated carbocycles. The molecule has 1 spiro atoms. The van der Waals surface area contributed by atoms with Gasteiger partial charge in [0.15, 0.2) is 4.08 Å². The van der Waals surface area contributed by atoms with Crippen molar-refractivity contribution in [2.24, 2.45) is 11.8 Å². The van der Waals surface area contributed by atoms with Crippen LogP contribution in [0.25, 0.3) is 11.1 Å². The molecule has 4 nitrogen and oxygen atoms in total. The summed E-state index contributed by atoms with van der Waals surface area (Å²) in [5.74, 6) is -1.41. The van der Waals surface area contributed by atoms with Crippen LogP contribution in [-0.2, 0) is 19.7 Å². The summed E-state index contributed by atoms with van der Waals surface area (Å²) >= 11 is 0. The van der Waals surface area contributed by atoms with Gasteiger partial charge in [0, 0.05) is 23.0 Å². The normalized spacial score (nSPS) is 28.1. The Hall–Kier alpha value is -2.70. The van der Waals surface area contributed by atoms with E-state index in [4.69, 9.17) is 0 Å². The van der Waals surface area contributed by atoms with Crippen LogP contribution in [0.4, 0.5) is 0 Å². The SMILES string of the molecule is O=S1(=O)c2ccccc2-c2ccccc2S(=O)(=O)C12[C@@H]1C=C[C@@H](C1)[C@H]2c1ccccc1. The molecule has 0 unspecified atom stereocenters. The van der Waals surface area contributed by atoms with Crippen molar-refractivity contribution in [3.05, 3.63) is 96.6 Å². The van der Waals surface area contributed by atoms with Crippen LogP contribution in [-0.4, -0.2) is 20.9 Å². The average Bonchev–Trinajstić information content (AvgIpc) is 3.39. The fourth-order valence-electron chi connectivity index (χ4n) is 6.01. The highest BCUT2D eigenvalue weighted by Crippen LogP contribution is 2.65. The number of rotatable bonds is 1. The van der Waals surface area contributed by atoms with E-state index in [-0.39, 0.29) is 15.7 Å². The lowest BCUT2D eigenvalue weighted by atomic mass is 9.86. The van der Waals surface area contributed by atoms with Gasteiger partial charge >= 0.3 is 0 Å². The first-order valence-electron chi connectivity index (χ1n) is 10.3. The summed E-state index contributed by atoms with van der Waals surface area (Å²) in [6.45, 7) is 0. The van der Waals surface area contributed by atoms with Crippen LogP contribution >= 0.6 is 0 Å². The second-order valence-corrected chi connectivity index (χ2v) is 13.0. The van der Waals surface area contributed by atoms with E-state index in [1.807, 2.05) is 42.5 Å². The lowest BCUT2D eigenvalue weighted by Gasteiger charge is -2.40. The highest BCUT2D eigenvalue weighted by atomic mass is 32.3. The molecule has 1 aliphatic heterocycles. The van der Waals surface area contributed by atoms with Gasteiger partial charge in [0.05, 0.1) is 9.79 Å². The Labute approximate surface area is 182 Å². The van der Waals surface area contributed by atoms with Crippen molar-refractivity contribution in [1.29, 1.82) is 0 Å². The van der Waals surface area contributed by atoms with Gasteiger partial charge in [-0.25, -0.2) is 16.8 Å². The second kappa shape index (κ2) is 6.17. The van der Waals surface area contributed by atoms with Crippen LogP contribution in [0.15, 0.2) is 101 Å². The summed E-state index contributed by atoms with van der Waals surface area (Å²) in [6, 6.07) is 22.6. The number of hydrogen-bond acceptors (Lipinski definition) is 4. The first-order valence-corrected chi connectivity index (χ1v) is 13.3. The van der Waals surface area contributed by atoms with Crippen molar-refractivity contribution in [2.75, 3.05) is 0 Å². The third kappa shape index (κ3) is 2.14. The lowest BCUT2D eigenvalue weighted by Crippen LogP contribution is -2.53. The van der Waals surface area contributed by atoms with Crippen LogP contribution < -0.4 is 0 Å². The molecule has 3 atom stereocenters. The van der Waals surface area contributed by atoms with Gasteiger partial charge in [-0.15, -0.1) is 0 Å². The Bertz CT molecular complexity index is 1380. The van der Waals surface area contributed by atoms with Crippen LogP contribution in [0.5, 0.6) is 0 Å². The molecule has 1 heterocycles. The number of hydrogen-bond donors (Lipinski definition) is 0. The summed E-state index contributed by atoms with van der Waals surface area (Å²) in [6.07, 6.45) is 4.33. The Morgan fingerprint density at radius 1 is 0.645 bits per heavy atom. The minimum Gasteiger partial charge on any atom is -0.222 e. The predicted molar refractivity (Wildman–Crippen MR) is 119 cm³/mol. The Kier molecular flexibility index (Phi) is 3.79. The van der Waals surface area contributed by atoms with Crippen molar-refractivity contribution in [1.82, 2.24) is 0 Å². The fourth-order valence-corrected chi connectivity index (χ4v) is 12.3. The summed E-state index contributed by atoms with van der Waals surface area (Å²) in [5, 5.41) is 0. The predicted octanol–water partition coefficient (Wildman–Crippen LogP) is 4.60. The molecular formula is C25H20O4S2. The van der Waals surface area contributed by atoms with E-state index >= 15 is 0 Å². The van der Waals surface area contributed by atoms with E-state index in [1.165, 1.54) is 0 Å². The zero-order valence-electron chi connectivity index (χ0n) is 16.5. The average molecular weight is 449 g/mol. The monoisotopic (exact) mass is 448 g/mol. The van der Waals surface area contributed by atoms with Gasteiger partial charge in [0.25, 0.3) is 0 Å². The van der Waals surface area contributed by atoms with Crippen molar-refractivity contribution >= 4 is 19.7 Å². The molecule has 3 aromatic carbocycles. The molecular weight excluding hydrogens is 428 g/mol. The molecule has 1 fully saturated rings. The van der Waals surface area contributed by atoms with E-state index in [0.29, 0.717) is 17.5 Å². The minimum absolute atomic E-state index is 0.102. The van der Waals surface area contributed by atoms with Crippen LogP contribution in [0.2, 0.25) is 0 Å². The van der Waals surface area contributed by atoms with Crippen LogP contribution in [0.1, 0.15) is 17.9 Å². The fraction of sp³-hybridized carbons (Fsp3) is 0.200. The maximum atomic E-state index is 14.5. The molecule has 156 valence electrons. The van der Waals surface area contributed by atoms with Gasteiger partial charge in [0.2, 0.25) is 19.7 Å². The van der Waals surface area contributed by atoms with Crippen molar-refractivity contribution < 1.29 is 16.8 Å². The first-order chi connectivity index (χ1) is 14.9. The lowest BCUT2D eigenvalue weighted by molar-refractivity contribution is 0.476. The van der Waals surface area contributed by atoms with Gasteiger partial charge < -0.3 is 0 Å². The summed E-state index contributed by atoms with van der Waals surface area (Å²) in [4.78, 5) is 0.204. The van der Waals surface area contributed by atoms with E-state index in [2.05, 4.69) is 0 Å². The number of allylic oxidation sites excluding steroid dienone is 2. The maximum absolute atomic E-state index is 14.5. The van der Waals surface area contributed by atoms with Crippen LogP contribution in [0.3, 0.4) is 0 Å². The molecule has 0 N–H and O–H groups in total. The van der Waals surface area contributed by atoms with Gasteiger partial charge in [-0.05, 0) is 30.0 Å². The molecule has 3 aliphatic rings. The van der Waals surface area contributed by atoms with E-state index < -0.39 is 35.6 Å². The highest BCUT2D eigenvalue weighted by Gasteiger charge is 2.72. The largest absolute Gasteiger partial charge is 0.222 e. The smallest absolute Gasteiger partial charge is 0.200 e. The summed E-state index contributed by atoms with van der Waals surface area (Å²) in [5.41, 5.74) is 1.66. The number of fused-ring (bicyclic) bond motifs is 6. The molecule has 0 aromatic heterocycles. The molecule has 2 bridgehead atoms. The summed E-state index contributed by atoms with van der Waals surface area (Å²) < 4.78 is 56.0. The standard InChI is InChI=1S/C25H20O4S2/c26-30(27)22-12-6-4-10-20(22)21-11-5-7-13-23(21)31(28,29)25(30)19-15-14-18(16-19)24(25)17-8-2-1-3-9-17/h1-15,18-19,24H,16H2/t18-,19+,24+/m0/s1. The van der Waals surface area contributed by atoms with Crippen molar-refractivity contribution in [3.63, 3.8) is 0 Å². The summed E-state index contributed by atoms with van der Waals surface area (Å²) in [7, 11) is -8.52. The third-order valence-corrected chi connectivity index (χ3v) is 13.1. The maximum Gasteiger partial charge on any atom is 0.200 e. The van der Waals surface area contributed by atoms with Crippen molar-refractivity contribution in [3.8, 4) is 11.1 Å². The molecule has 3 aromatic rings. The molecule has 2 aliphatic carbocycles. The molecule has 0 amide bonds. The van der Waals surface area contributed by atoms with Gasteiger partial charge in [0.1, 0.15) is 0 Å². The molecule has 6 rings (SSSR count). The molecule has 6 heteroatoms.